The van der Waals surface area contributed by atoms with E-state index >= 15 is 0 Å². The molecule has 1 aliphatic rings. The molecule has 2 unspecified atom stereocenters. The molecule has 2 aromatic carbocycles. The fraction of sp³-hybridized carbons (Fsp3) is 0.300. The normalized spacial score (nSPS) is 19.7. The van der Waals surface area contributed by atoms with Crippen LogP contribution in [0.1, 0.15) is 37.5 Å². The second-order valence-corrected chi connectivity index (χ2v) is 7.55. The number of amides is 2. The van der Waals surface area contributed by atoms with Gasteiger partial charge >= 0.3 is 0 Å². The van der Waals surface area contributed by atoms with Gasteiger partial charge in [0.15, 0.2) is 0 Å². The zero-order chi connectivity index (χ0) is 19.7. The van der Waals surface area contributed by atoms with E-state index in [1.807, 2.05) is 32.0 Å². The molecular weight excluding hydrogens is 387 g/mol. The molecule has 27 heavy (non-hydrogen) atoms. The third-order valence-electron chi connectivity index (χ3n) is 4.44. The lowest BCUT2D eigenvalue weighted by Crippen LogP contribution is -2.44. The molecule has 3 rings (SSSR count). The standard InChI is InChI=1S/C20H20Cl2N2O3/c1-11(2)24-16-8-7-12(21)9-14(16)19(13-5-3-4-6-15(13)22)27-17(20(24)26)10-18(23)25/h3-9,11,17,19H,10H2,1-2H3,(H2,23,25). The number of carbonyl (C=O) groups excluding carboxylic acids is 2. The van der Waals surface area contributed by atoms with E-state index < -0.39 is 18.1 Å². The summed E-state index contributed by atoms with van der Waals surface area (Å²) in [5, 5.41) is 1.01. The van der Waals surface area contributed by atoms with Crippen LogP contribution in [0.25, 0.3) is 0 Å². The minimum absolute atomic E-state index is 0.151. The zero-order valence-electron chi connectivity index (χ0n) is 15.0. The van der Waals surface area contributed by atoms with Crippen molar-refractivity contribution in [2.75, 3.05) is 4.90 Å². The lowest BCUT2D eigenvalue weighted by Gasteiger charge is -2.28. The van der Waals surface area contributed by atoms with E-state index in [0.29, 0.717) is 26.9 Å². The van der Waals surface area contributed by atoms with Gasteiger partial charge in [-0.3, -0.25) is 9.59 Å². The lowest BCUT2D eigenvalue weighted by atomic mass is 9.99. The van der Waals surface area contributed by atoms with Crippen LogP contribution >= 0.6 is 23.2 Å². The molecule has 142 valence electrons. The van der Waals surface area contributed by atoms with Crippen molar-refractivity contribution in [2.45, 2.75) is 38.5 Å². The van der Waals surface area contributed by atoms with Gasteiger partial charge in [0.2, 0.25) is 5.91 Å². The van der Waals surface area contributed by atoms with Gasteiger partial charge in [-0.25, -0.2) is 0 Å². The van der Waals surface area contributed by atoms with Crippen LogP contribution in [0, 0.1) is 0 Å². The predicted molar refractivity (Wildman–Crippen MR) is 106 cm³/mol. The molecule has 2 atom stereocenters. The topological polar surface area (TPSA) is 72.6 Å². The zero-order valence-corrected chi connectivity index (χ0v) is 16.5. The van der Waals surface area contributed by atoms with Gasteiger partial charge in [-0.05, 0) is 38.1 Å². The Morgan fingerprint density at radius 3 is 2.52 bits per heavy atom. The van der Waals surface area contributed by atoms with E-state index in [-0.39, 0.29) is 18.4 Å². The Bertz CT molecular complexity index is 885. The first-order chi connectivity index (χ1) is 12.8. The van der Waals surface area contributed by atoms with Crippen LogP contribution in [0.5, 0.6) is 0 Å². The van der Waals surface area contributed by atoms with Crippen LogP contribution < -0.4 is 10.6 Å². The van der Waals surface area contributed by atoms with Crippen molar-refractivity contribution in [1.82, 2.24) is 0 Å². The van der Waals surface area contributed by atoms with E-state index in [2.05, 4.69) is 0 Å². The highest BCUT2D eigenvalue weighted by Gasteiger charge is 2.38. The van der Waals surface area contributed by atoms with Crippen molar-refractivity contribution < 1.29 is 14.3 Å². The SMILES string of the molecule is CC(C)N1C(=O)C(CC(N)=O)OC(c2ccccc2Cl)c2cc(Cl)ccc21. The first-order valence-electron chi connectivity index (χ1n) is 8.60. The lowest BCUT2D eigenvalue weighted by molar-refractivity contribution is -0.137. The average Bonchev–Trinajstić information content (AvgIpc) is 2.70. The maximum absolute atomic E-state index is 13.2. The number of ether oxygens (including phenoxy) is 1. The summed E-state index contributed by atoms with van der Waals surface area (Å²) in [4.78, 5) is 26.3. The van der Waals surface area contributed by atoms with Crippen molar-refractivity contribution in [3.8, 4) is 0 Å². The highest BCUT2D eigenvalue weighted by atomic mass is 35.5. The van der Waals surface area contributed by atoms with Crippen molar-refractivity contribution in [3.63, 3.8) is 0 Å². The van der Waals surface area contributed by atoms with Gasteiger partial charge < -0.3 is 15.4 Å². The summed E-state index contributed by atoms with van der Waals surface area (Å²) in [5.74, 6) is -0.930. The summed E-state index contributed by atoms with van der Waals surface area (Å²) in [6, 6.07) is 12.4. The van der Waals surface area contributed by atoms with E-state index in [1.54, 1.807) is 29.2 Å². The Hall–Kier alpha value is -2.08. The van der Waals surface area contributed by atoms with Gasteiger partial charge in [0, 0.05) is 27.2 Å². The maximum Gasteiger partial charge on any atom is 0.256 e. The van der Waals surface area contributed by atoms with E-state index in [9.17, 15) is 9.59 Å². The second kappa shape index (κ2) is 7.89. The molecule has 0 saturated carbocycles. The molecule has 2 aromatic rings. The monoisotopic (exact) mass is 406 g/mol. The molecule has 0 aromatic heterocycles. The number of benzene rings is 2. The number of anilines is 1. The van der Waals surface area contributed by atoms with Crippen molar-refractivity contribution >= 4 is 40.7 Å². The van der Waals surface area contributed by atoms with E-state index in [1.165, 1.54) is 0 Å². The number of rotatable bonds is 4. The van der Waals surface area contributed by atoms with Crippen LogP contribution in [0.2, 0.25) is 10.0 Å². The van der Waals surface area contributed by atoms with Crippen LogP contribution in [-0.4, -0.2) is 24.0 Å². The quantitative estimate of drug-likeness (QED) is 0.830. The number of nitrogens with two attached hydrogens (primary N) is 1. The molecule has 0 aliphatic carbocycles. The fourth-order valence-corrected chi connectivity index (χ4v) is 3.72. The summed E-state index contributed by atoms with van der Waals surface area (Å²) < 4.78 is 6.13. The molecule has 2 amide bonds. The number of hydrogen-bond donors (Lipinski definition) is 1. The van der Waals surface area contributed by atoms with E-state index in [4.69, 9.17) is 33.7 Å². The van der Waals surface area contributed by atoms with Gasteiger partial charge in [-0.2, -0.15) is 0 Å². The number of carbonyl (C=O) groups is 2. The third-order valence-corrected chi connectivity index (χ3v) is 5.01. The predicted octanol–water partition coefficient (Wildman–Crippen LogP) is 4.10. The smallest absolute Gasteiger partial charge is 0.256 e. The van der Waals surface area contributed by atoms with Gasteiger partial charge in [0.1, 0.15) is 12.2 Å². The molecule has 0 fully saturated rings. The molecule has 5 nitrogen and oxygen atoms in total. The number of primary amides is 1. The van der Waals surface area contributed by atoms with E-state index in [0.717, 1.165) is 0 Å². The van der Waals surface area contributed by atoms with Gasteiger partial charge in [-0.1, -0.05) is 41.4 Å². The van der Waals surface area contributed by atoms with Gasteiger partial charge in [-0.15, -0.1) is 0 Å². The van der Waals surface area contributed by atoms with Crippen LogP contribution in [0.3, 0.4) is 0 Å². The third kappa shape index (κ3) is 3.95. The largest absolute Gasteiger partial charge is 0.370 e. The molecule has 0 radical (unpaired) electrons. The molecule has 0 bridgehead atoms. The molecule has 0 spiro atoms. The summed E-state index contributed by atoms with van der Waals surface area (Å²) in [5.41, 5.74) is 7.44. The number of nitrogens with zero attached hydrogens (tertiary/aromatic N) is 1. The van der Waals surface area contributed by atoms with Crippen LogP contribution in [0.15, 0.2) is 42.5 Å². The summed E-state index contributed by atoms with van der Waals surface area (Å²) in [7, 11) is 0. The van der Waals surface area contributed by atoms with Crippen LogP contribution in [-0.2, 0) is 14.3 Å². The second-order valence-electron chi connectivity index (χ2n) is 6.70. The summed E-state index contributed by atoms with van der Waals surface area (Å²) in [6.45, 7) is 3.79. The molecule has 1 aliphatic heterocycles. The average molecular weight is 407 g/mol. The molecular formula is C20H20Cl2N2O3. The first kappa shape index (κ1) is 19.7. The van der Waals surface area contributed by atoms with Gasteiger partial charge in [0.05, 0.1) is 12.1 Å². The maximum atomic E-state index is 13.2. The highest BCUT2D eigenvalue weighted by Crippen LogP contribution is 2.42. The summed E-state index contributed by atoms with van der Waals surface area (Å²) >= 11 is 12.6. The van der Waals surface area contributed by atoms with Gasteiger partial charge in [0.25, 0.3) is 5.91 Å². The Labute approximate surface area is 168 Å². The Morgan fingerprint density at radius 2 is 1.89 bits per heavy atom. The Morgan fingerprint density at radius 1 is 1.19 bits per heavy atom. The highest BCUT2D eigenvalue weighted by molar-refractivity contribution is 6.31. The molecule has 1 heterocycles. The fourth-order valence-electron chi connectivity index (χ4n) is 3.30. The Kier molecular flexibility index (Phi) is 5.75. The molecule has 0 saturated heterocycles. The molecule has 2 N–H and O–H groups in total. The van der Waals surface area contributed by atoms with Crippen LogP contribution in [0.4, 0.5) is 5.69 Å². The van der Waals surface area contributed by atoms with Crippen molar-refractivity contribution in [3.05, 3.63) is 63.6 Å². The minimum atomic E-state index is -1.02. The number of hydrogen-bond acceptors (Lipinski definition) is 3. The molecule has 7 heteroatoms. The summed E-state index contributed by atoms with van der Waals surface area (Å²) in [6.07, 6.45) is -1.90. The minimum Gasteiger partial charge on any atom is -0.370 e. The first-order valence-corrected chi connectivity index (χ1v) is 9.36. The Balaban J connectivity index is 2.23. The van der Waals surface area contributed by atoms with Crippen molar-refractivity contribution in [1.29, 1.82) is 0 Å². The number of halogens is 2. The van der Waals surface area contributed by atoms with Crippen molar-refractivity contribution in [2.24, 2.45) is 5.73 Å². The number of fused-ring (bicyclic) bond motifs is 1.